The van der Waals surface area contributed by atoms with Gasteiger partial charge in [-0.15, -0.1) is 0 Å². The lowest BCUT2D eigenvalue weighted by molar-refractivity contribution is -0.316. The van der Waals surface area contributed by atoms with E-state index in [2.05, 4.69) is 0 Å². The molecule has 0 saturated carbocycles. The number of ether oxygens (including phenoxy) is 1. The van der Waals surface area contributed by atoms with Crippen LogP contribution in [0, 0.1) is 11.3 Å². The molecule has 0 N–H and O–H groups in total. The maximum absolute atomic E-state index is 10.7. The molecule has 12 heavy (non-hydrogen) atoms. The van der Waals surface area contributed by atoms with Crippen molar-refractivity contribution in [2.75, 3.05) is 13.2 Å². The molecule has 0 heterocycles. The van der Waals surface area contributed by atoms with Gasteiger partial charge in [0.05, 0.1) is 6.61 Å². The second kappa shape index (κ2) is 4.45. The Morgan fingerprint density at radius 2 is 2.00 bits per heavy atom. The Bertz CT molecular complexity index is 146. The van der Waals surface area contributed by atoms with E-state index < -0.39 is 11.9 Å². The summed E-state index contributed by atoms with van der Waals surface area (Å²) in [5.41, 5.74) is -0.298. The predicted molar refractivity (Wildman–Crippen MR) is 44.4 cm³/mol. The standard InChI is InChI=1S/C9H18O3/c1-5-12-6-7(8(10)11)9(2,3)4/h7H,5-6H2,1-4H3,(H,10,11)/p-1. The van der Waals surface area contributed by atoms with Crippen LogP contribution in [0.4, 0.5) is 0 Å². The van der Waals surface area contributed by atoms with Crippen LogP contribution in [0.5, 0.6) is 0 Å². The van der Waals surface area contributed by atoms with Crippen LogP contribution in [0.2, 0.25) is 0 Å². The molecule has 0 aromatic rings. The third-order valence-corrected chi connectivity index (χ3v) is 1.82. The molecule has 1 unspecified atom stereocenters. The van der Waals surface area contributed by atoms with Crippen molar-refractivity contribution < 1.29 is 14.6 Å². The summed E-state index contributed by atoms with van der Waals surface area (Å²) < 4.78 is 5.06. The van der Waals surface area contributed by atoms with Crippen molar-refractivity contribution in [1.82, 2.24) is 0 Å². The molecule has 0 aromatic carbocycles. The number of carbonyl (C=O) groups is 1. The van der Waals surface area contributed by atoms with Gasteiger partial charge in [-0.1, -0.05) is 20.8 Å². The number of aliphatic carboxylic acids is 1. The molecule has 1 atom stereocenters. The van der Waals surface area contributed by atoms with Crippen LogP contribution in [0.1, 0.15) is 27.7 Å². The molecule has 0 fully saturated rings. The number of hydrogen-bond acceptors (Lipinski definition) is 3. The van der Waals surface area contributed by atoms with Crippen molar-refractivity contribution in [2.45, 2.75) is 27.7 Å². The van der Waals surface area contributed by atoms with E-state index in [-0.39, 0.29) is 12.0 Å². The average molecular weight is 173 g/mol. The minimum atomic E-state index is -1.03. The third kappa shape index (κ3) is 3.72. The molecule has 3 nitrogen and oxygen atoms in total. The highest BCUT2D eigenvalue weighted by molar-refractivity contribution is 5.68. The summed E-state index contributed by atoms with van der Waals surface area (Å²) in [6.45, 7) is 8.22. The molecule has 0 aliphatic rings. The first-order chi connectivity index (χ1) is 5.39. The largest absolute Gasteiger partial charge is 0.550 e. The van der Waals surface area contributed by atoms with Crippen LogP contribution in [0.25, 0.3) is 0 Å². The lowest BCUT2D eigenvalue weighted by Crippen LogP contribution is -2.41. The molecule has 0 aromatic heterocycles. The summed E-state index contributed by atoms with van der Waals surface area (Å²) in [7, 11) is 0. The first kappa shape index (κ1) is 11.4. The van der Waals surface area contributed by atoms with Crippen LogP contribution in [-0.2, 0) is 9.53 Å². The van der Waals surface area contributed by atoms with Crippen molar-refractivity contribution in [3.63, 3.8) is 0 Å². The van der Waals surface area contributed by atoms with Gasteiger partial charge in [-0.3, -0.25) is 0 Å². The van der Waals surface area contributed by atoms with Crippen LogP contribution >= 0.6 is 0 Å². The minimum absolute atomic E-state index is 0.238. The highest BCUT2D eigenvalue weighted by Gasteiger charge is 2.25. The van der Waals surface area contributed by atoms with E-state index in [1.54, 1.807) is 0 Å². The molecule has 72 valence electrons. The molecule has 0 aliphatic carbocycles. The van der Waals surface area contributed by atoms with Crippen molar-refractivity contribution >= 4 is 5.97 Å². The van der Waals surface area contributed by atoms with Gasteiger partial charge in [-0.05, 0) is 12.3 Å². The van der Waals surface area contributed by atoms with Crippen LogP contribution < -0.4 is 5.11 Å². The van der Waals surface area contributed by atoms with Crippen LogP contribution in [0.3, 0.4) is 0 Å². The Kier molecular flexibility index (Phi) is 4.24. The fourth-order valence-corrected chi connectivity index (χ4v) is 0.907. The van der Waals surface area contributed by atoms with E-state index in [1.807, 2.05) is 27.7 Å². The number of carboxylic acid groups (broad SMARTS) is 1. The normalized spacial score (nSPS) is 14.3. The van der Waals surface area contributed by atoms with Gasteiger partial charge in [0.2, 0.25) is 0 Å². The summed E-state index contributed by atoms with van der Waals surface area (Å²) in [4.78, 5) is 10.7. The Hall–Kier alpha value is -0.570. The highest BCUT2D eigenvalue weighted by Crippen LogP contribution is 2.25. The third-order valence-electron chi connectivity index (χ3n) is 1.82. The van der Waals surface area contributed by atoms with Crippen LogP contribution in [-0.4, -0.2) is 19.2 Å². The van der Waals surface area contributed by atoms with Gasteiger partial charge in [-0.25, -0.2) is 0 Å². The zero-order valence-electron chi connectivity index (χ0n) is 8.22. The van der Waals surface area contributed by atoms with Gasteiger partial charge in [0.15, 0.2) is 0 Å². The number of carboxylic acids is 1. The number of hydrogen-bond donors (Lipinski definition) is 0. The van der Waals surface area contributed by atoms with Gasteiger partial charge >= 0.3 is 0 Å². The molecular formula is C9H17O3-. The topological polar surface area (TPSA) is 49.4 Å². The Morgan fingerprint density at radius 3 is 2.25 bits per heavy atom. The van der Waals surface area contributed by atoms with Gasteiger partial charge in [-0.2, -0.15) is 0 Å². The molecule has 0 spiro atoms. The Balaban J connectivity index is 4.15. The zero-order chi connectivity index (χ0) is 9.78. The van der Waals surface area contributed by atoms with E-state index in [4.69, 9.17) is 4.74 Å². The molecule has 0 bridgehead atoms. The maximum Gasteiger partial charge on any atom is 0.0551 e. The Labute approximate surface area is 73.7 Å². The monoisotopic (exact) mass is 173 g/mol. The minimum Gasteiger partial charge on any atom is -0.550 e. The summed E-state index contributed by atoms with van der Waals surface area (Å²) in [6.07, 6.45) is 0. The van der Waals surface area contributed by atoms with E-state index in [0.29, 0.717) is 6.61 Å². The summed E-state index contributed by atoms with van der Waals surface area (Å²) in [5, 5.41) is 10.7. The molecule has 0 saturated heterocycles. The average Bonchev–Trinajstić information content (AvgIpc) is 1.84. The highest BCUT2D eigenvalue weighted by atomic mass is 16.5. The Morgan fingerprint density at radius 1 is 1.50 bits per heavy atom. The lowest BCUT2D eigenvalue weighted by Gasteiger charge is -2.30. The quantitative estimate of drug-likeness (QED) is 0.619. The summed E-state index contributed by atoms with van der Waals surface area (Å²) in [6, 6.07) is 0. The van der Waals surface area contributed by atoms with Crippen molar-refractivity contribution in [3.05, 3.63) is 0 Å². The summed E-state index contributed by atoms with van der Waals surface area (Å²) >= 11 is 0. The predicted octanol–water partition coefficient (Wildman–Crippen LogP) is 0.435. The number of carbonyl (C=O) groups excluding carboxylic acids is 1. The number of rotatable bonds is 4. The fourth-order valence-electron chi connectivity index (χ4n) is 0.907. The van der Waals surface area contributed by atoms with Gasteiger partial charge in [0, 0.05) is 18.5 Å². The van der Waals surface area contributed by atoms with Crippen molar-refractivity contribution in [3.8, 4) is 0 Å². The summed E-state index contributed by atoms with van der Waals surface area (Å²) in [5.74, 6) is -1.56. The zero-order valence-corrected chi connectivity index (χ0v) is 8.22. The first-order valence-corrected chi connectivity index (χ1v) is 4.18. The fraction of sp³-hybridized carbons (Fsp3) is 0.889. The van der Waals surface area contributed by atoms with Crippen molar-refractivity contribution in [2.24, 2.45) is 11.3 Å². The molecule has 0 aliphatic heterocycles. The van der Waals surface area contributed by atoms with E-state index >= 15 is 0 Å². The smallest absolute Gasteiger partial charge is 0.0551 e. The van der Waals surface area contributed by atoms with Gasteiger partial charge < -0.3 is 14.6 Å². The van der Waals surface area contributed by atoms with Gasteiger partial charge in [0.25, 0.3) is 0 Å². The maximum atomic E-state index is 10.7. The molecule has 0 radical (unpaired) electrons. The SMILES string of the molecule is CCOCC(C(=O)[O-])C(C)(C)C. The second-order valence-corrected chi connectivity index (χ2v) is 3.90. The van der Waals surface area contributed by atoms with Gasteiger partial charge in [0.1, 0.15) is 0 Å². The second-order valence-electron chi connectivity index (χ2n) is 3.90. The van der Waals surface area contributed by atoms with Crippen LogP contribution in [0.15, 0.2) is 0 Å². The van der Waals surface area contributed by atoms with Crippen molar-refractivity contribution in [1.29, 1.82) is 0 Å². The molecule has 0 amide bonds. The lowest BCUT2D eigenvalue weighted by atomic mass is 9.81. The van der Waals surface area contributed by atoms with E-state index in [1.165, 1.54) is 0 Å². The van der Waals surface area contributed by atoms with E-state index in [0.717, 1.165) is 0 Å². The molecule has 3 heteroatoms. The molecule has 0 rings (SSSR count). The molecular weight excluding hydrogens is 156 g/mol. The first-order valence-electron chi connectivity index (χ1n) is 4.18. The van der Waals surface area contributed by atoms with E-state index in [9.17, 15) is 9.90 Å².